The van der Waals surface area contributed by atoms with Gasteiger partial charge in [0.2, 0.25) is 0 Å². The fraction of sp³-hybridized carbons (Fsp3) is 0.360. The number of halogens is 4. The minimum absolute atomic E-state index is 0.232. The van der Waals surface area contributed by atoms with E-state index in [9.17, 15) is 23.2 Å². The Hall–Kier alpha value is -2.84. The van der Waals surface area contributed by atoms with Crippen molar-refractivity contribution in [1.82, 2.24) is 9.63 Å². The Bertz CT molecular complexity index is 1300. The van der Waals surface area contributed by atoms with Gasteiger partial charge in [-0.3, -0.25) is 9.79 Å². The molecule has 180 valence electrons. The Kier molecular flexibility index (Phi) is 6.73. The van der Waals surface area contributed by atoms with Crippen molar-refractivity contribution in [2.45, 2.75) is 31.4 Å². The normalized spacial score (nSPS) is 17.5. The minimum atomic E-state index is -4.41. The van der Waals surface area contributed by atoms with Crippen LogP contribution in [0.3, 0.4) is 0 Å². The van der Waals surface area contributed by atoms with Gasteiger partial charge in [-0.25, -0.2) is 0 Å². The van der Waals surface area contributed by atoms with Gasteiger partial charge in [0, 0.05) is 17.3 Å². The number of benzene rings is 2. The van der Waals surface area contributed by atoms with Crippen molar-refractivity contribution in [3.8, 4) is 0 Å². The summed E-state index contributed by atoms with van der Waals surface area (Å²) in [5.41, 5.74) is 1.37. The zero-order valence-corrected chi connectivity index (χ0v) is 19.6. The SMILES string of the molecule is CN(C)CCC/N=C1/CC(c2ccc(C(F)(F)F)cc2)Cc2c1c(=O)c1cc(Cl)ccc1n2O. The Morgan fingerprint density at radius 3 is 2.50 bits per heavy atom. The number of aromatic nitrogens is 1. The first-order valence-electron chi connectivity index (χ1n) is 11.0. The van der Waals surface area contributed by atoms with Gasteiger partial charge in [-0.2, -0.15) is 17.9 Å². The number of nitrogens with zero attached hydrogens (tertiary/aromatic N) is 3. The van der Waals surface area contributed by atoms with Crippen LogP contribution < -0.4 is 5.43 Å². The van der Waals surface area contributed by atoms with E-state index < -0.39 is 11.7 Å². The van der Waals surface area contributed by atoms with E-state index in [1.165, 1.54) is 18.2 Å². The van der Waals surface area contributed by atoms with Crippen LogP contribution in [0.2, 0.25) is 5.02 Å². The van der Waals surface area contributed by atoms with E-state index in [0.29, 0.717) is 57.8 Å². The summed E-state index contributed by atoms with van der Waals surface area (Å²) < 4.78 is 40.1. The predicted octanol–water partition coefficient (Wildman–Crippen LogP) is 5.38. The van der Waals surface area contributed by atoms with Crippen LogP contribution in [0.25, 0.3) is 10.9 Å². The van der Waals surface area contributed by atoms with Crippen LogP contribution in [0.4, 0.5) is 13.2 Å². The van der Waals surface area contributed by atoms with Crippen molar-refractivity contribution in [2.75, 3.05) is 27.2 Å². The molecule has 1 heterocycles. The van der Waals surface area contributed by atoms with Crippen molar-refractivity contribution < 1.29 is 18.4 Å². The molecular formula is C25H25ClF3N3O2. The van der Waals surface area contributed by atoms with Gasteiger partial charge in [-0.05, 0) is 81.7 Å². The maximum Gasteiger partial charge on any atom is 0.416 e. The second-order valence-corrected chi connectivity index (χ2v) is 9.27. The number of pyridine rings is 1. The third kappa shape index (κ3) is 4.83. The van der Waals surface area contributed by atoms with E-state index in [1.807, 2.05) is 19.0 Å². The third-order valence-electron chi connectivity index (χ3n) is 6.15. The lowest BCUT2D eigenvalue weighted by atomic mass is 9.80. The molecule has 9 heteroatoms. The van der Waals surface area contributed by atoms with Crippen molar-refractivity contribution in [3.63, 3.8) is 0 Å². The fourth-order valence-electron chi connectivity index (χ4n) is 4.44. The largest absolute Gasteiger partial charge is 0.428 e. The molecule has 1 aromatic heterocycles. The first-order valence-corrected chi connectivity index (χ1v) is 11.4. The Morgan fingerprint density at radius 1 is 1.15 bits per heavy atom. The van der Waals surface area contributed by atoms with Gasteiger partial charge in [-0.15, -0.1) is 0 Å². The van der Waals surface area contributed by atoms with Crippen molar-refractivity contribution in [1.29, 1.82) is 0 Å². The van der Waals surface area contributed by atoms with Crippen molar-refractivity contribution in [3.05, 3.63) is 80.1 Å². The molecule has 1 N–H and O–H groups in total. The summed E-state index contributed by atoms with van der Waals surface area (Å²) in [4.78, 5) is 20.2. The molecule has 1 aliphatic carbocycles. The third-order valence-corrected chi connectivity index (χ3v) is 6.38. The van der Waals surface area contributed by atoms with Crippen LogP contribution in [0.15, 0.2) is 52.3 Å². The number of rotatable bonds is 5. The van der Waals surface area contributed by atoms with E-state index in [-0.39, 0.29) is 11.3 Å². The van der Waals surface area contributed by atoms with Crippen LogP contribution >= 0.6 is 11.6 Å². The number of hydrogen-bond donors (Lipinski definition) is 1. The second-order valence-electron chi connectivity index (χ2n) is 8.83. The second kappa shape index (κ2) is 9.43. The summed E-state index contributed by atoms with van der Waals surface area (Å²) in [6.07, 6.45) is -2.95. The molecular weight excluding hydrogens is 467 g/mol. The molecule has 0 aliphatic heterocycles. The molecule has 4 rings (SSSR count). The molecule has 0 spiro atoms. The molecule has 0 radical (unpaired) electrons. The van der Waals surface area contributed by atoms with Gasteiger partial charge in [0.1, 0.15) is 0 Å². The smallest absolute Gasteiger partial charge is 0.416 e. The molecule has 0 fully saturated rings. The summed E-state index contributed by atoms with van der Waals surface area (Å²) in [6.45, 7) is 1.31. The standard InChI is InChI=1S/C25H25ClF3N3O2/c1-31(2)11-3-10-30-20-12-16(15-4-6-17(7-5-15)25(27,28)29)13-22-23(20)24(33)19-14-18(26)8-9-21(19)32(22)34/h4-9,14,16,34H,3,10-13H2,1-2H3/b30-20-. The topological polar surface area (TPSA) is 57.8 Å². The lowest BCUT2D eigenvalue weighted by Crippen LogP contribution is -2.31. The Labute approximate surface area is 200 Å². The maximum absolute atomic E-state index is 13.4. The van der Waals surface area contributed by atoms with Crippen molar-refractivity contribution >= 4 is 28.2 Å². The molecule has 34 heavy (non-hydrogen) atoms. The summed E-state index contributed by atoms with van der Waals surface area (Å²) in [5.74, 6) is -0.232. The maximum atomic E-state index is 13.4. The molecule has 1 aliphatic rings. The zero-order valence-electron chi connectivity index (χ0n) is 18.9. The molecule has 0 amide bonds. The molecule has 3 aromatic rings. The number of fused-ring (bicyclic) bond motifs is 2. The van der Waals surface area contributed by atoms with Gasteiger partial charge in [-0.1, -0.05) is 23.7 Å². The van der Waals surface area contributed by atoms with Gasteiger partial charge in [0.25, 0.3) is 0 Å². The Morgan fingerprint density at radius 2 is 1.85 bits per heavy atom. The fourth-order valence-corrected chi connectivity index (χ4v) is 4.62. The summed E-state index contributed by atoms with van der Waals surface area (Å²) >= 11 is 6.10. The highest BCUT2D eigenvalue weighted by Crippen LogP contribution is 2.35. The average molecular weight is 492 g/mol. The van der Waals surface area contributed by atoms with Crippen LogP contribution in [0, 0.1) is 0 Å². The van der Waals surface area contributed by atoms with Gasteiger partial charge >= 0.3 is 6.18 Å². The van der Waals surface area contributed by atoms with Crippen LogP contribution in [0.5, 0.6) is 0 Å². The highest BCUT2D eigenvalue weighted by molar-refractivity contribution is 6.31. The van der Waals surface area contributed by atoms with E-state index in [0.717, 1.165) is 29.8 Å². The first-order chi connectivity index (χ1) is 16.1. The van der Waals surface area contributed by atoms with E-state index >= 15 is 0 Å². The molecule has 2 aromatic carbocycles. The quantitative estimate of drug-likeness (QED) is 0.385. The minimum Gasteiger partial charge on any atom is -0.428 e. The van der Waals surface area contributed by atoms with E-state index in [1.54, 1.807) is 12.1 Å². The first kappa shape index (κ1) is 24.3. The van der Waals surface area contributed by atoms with E-state index in [4.69, 9.17) is 16.6 Å². The molecule has 5 nitrogen and oxygen atoms in total. The monoisotopic (exact) mass is 491 g/mol. The molecule has 1 atom stereocenters. The zero-order chi connectivity index (χ0) is 24.6. The molecule has 0 bridgehead atoms. The highest BCUT2D eigenvalue weighted by Gasteiger charge is 2.33. The van der Waals surface area contributed by atoms with Gasteiger partial charge in [0.05, 0.1) is 27.7 Å². The predicted molar refractivity (Wildman–Crippen MR) is 127 cm³/mol. The Balaban J connectivity index is 1.80. The lowest BCUT2D eigenvalue weighted by Gasteiger charge is -2.28. The van der Waals surface area contributed by atoms with E-state index in [2.05, 4.69) is 0 Å². The van der Waals surface area contributed by atoms with Crippen LogP contribution in [-0.4, -0.2) is 47.7 Å². The van der Waals surface area contributed by atoms with Gasteiger partial charge in [0.15, 0.2) is 5.43 Å². The molecule has 0 saturated heterocycles. The number of aliphatic imine (C=N–C) groups is 1. The summed E-state index contributed by atoms with van der Waals surface area (Å²) in [7, 11) is 3.92. The average Bonchev–Trinajstić information content (AvgIpc) is 2.79. The number of alkyl halides is 3. The summed E-state index contributed by atoms with van der Waals surface area (Å²) in [5, 5.41) is 11.7. The van der Waals surface area contributed by atoms with Crippen LogP contribution in [0.1, 0.15) is 41.1 Å². The lowest BCUT2D eigenvalue weighted by molar-refractivity contribution is -0.137. The molecule has 0 saturated carbocycles. The van der Waals surface area contributed by atoms with Gasteiger partial charge < -0.3 is 10.1 Å². The number of hydrogen-bond acceptors (Lipinski definition) is 4. The highest BCUT2D eigenvalue weighted by atomic mass is 35.5. The van der Waals surface area contributed by atoms with Crippen LogP contribution in [-0.2, 0) is 12.6 Å². The summed E-state index contributed by atoms with van der Waals surface area (Å²) in [6, 6.07) is 9.74. The molecule has 1 unspecified atom stereocenters. The van der Waals surface area contributed by atoms with Crippen molar-refractivity contribution in [2.24, 2.45) is 4.99 Å².